The third-order valence-corrected chi connectivity index (χ3v) is 10.7. The lowest BCUT2D eigenvalue weighted by Crippen LogP contribution is -2.62. The molecule has 0 aromatic heterocycles. The van der Waals surface area contributed by atoms with Gasteiger partial charge in [-0.15, -0.1) is 0 Å². The average molecular weight is 596 g/mol. The Balaban J connectivity index is 1.45. The molecule has 3 saturated carbocycles. The predicted octanol–water partition coefficient (Wildman–Crippen LogP) is 3.58. The summed E-state index contributed by atoms with van der Waals surface area (Å²) in [5.74, 6) is 1.38. The van der Waals surface area contributed by atoms with E-state index in [9.17, 15) is 20.1 Å². The lowest BCUT2D eigenvalue weighted by atomic mass is 9.45. The van der Waals surface area contributed by atoms with Crippen molar-refractivity contribution in [3.63, 3.8) is 0 Å². The van der Waals surface area contributed by atoms with Gasteiger partial charge < -0.3 is 30.3 Å². The van der Waals surface area contributed by atoms with E-state index in [0.717, 1.165) is 34.4 Å². The number of para-hydroxylation sites is 1. The number of carbonyl (C=O) groups is 1. The highest BCUT2D eigenvalue weighted by Gasteiger charge is 2.57. The molecule has 8 atom stereocenters. The molecule has 4 aliphatic rings. The summed E-state index contributed by atoms with van der Waals surface area (Å²) in [6, 6.07) is 11.1. The quantitative estimate of drug-likeness (QED) is 0.330. The van der Waals surface area contributed by atoms with Gasteiger partial charge in [0.15, 0.2) is 0 Å². The van der Waals surface area contributed by atoms with Crippen LogP contribution < -0.4 is 15.0 Å². The van der Waals surface area contributed by atoms with Crippen LogP contribution >= 0.6 is 0 Å². The maximum absolute atomic E-state index is 14.0. The van der Waals surface area contributed by atoms with E-state index in [2.05, 4.69) is 26.1 Å². The summed E-state index contributed by atoms with van der Waals surface area (Å²) < 4.78 is 5.95. The molecule has 2 aromatic rings. The zero-order valence-corrected chi connectivity index (χ0v) is 26.6. The molecule has 1 amide bonds. The van der Waals surface area contributed by atoms with Crippen molar-refractivity contribution >= 4 is 11.6 Å². The van der Waals surface area contributed by atoms with Gasteiger partial charge in [0.2, 0.25) is 5.91 Å². The molecule has 2 aromatic carbocycles. The summed E-state index contributed by atoms with van der Waals surface area (Å²) in [5, 5.41) is 35.9. The second-order valence-corrected chi connectivity index (χ2v) is 13.7. The number of aliphatic hydroxyl groups excluding tert-OH is 3. The Morgan fingerprint density at radius 2 is 1.95 bits per heavy atom. The monoisotopic (exact) mass is 595 g/mol. The number of ether oxygens (including phenoxy) is 1. The molecule has 2 bridgehead atoms. The first-order valence-electron chi connectivity index (χ1n) is 15.5. The summed E-state index contributed by atoms with van der Waals surface area (Å²) in [6.45, 7) is 8.38. The number of methoxy groups -OCH3 is 1. The van der Waals surface area contributed by atoms with Crippen molar-refractivity contribution in [1.29, 1.82) is 0 Å². The van der Waals surface area contributed by atoms with E-state index >= 15 is 0 Å². The second-order valence-electron chi connectivity index (χ2n) is 13.7. The van der Waals surface area contributed by atoms with E-state index in [-0.39, 0.29) is 31.7 Å². The Kier molecular flexibility index (Phi) is 9.12. The topological polar surface area (TPSA) is 115 Å². The van der Waals surface area contributed by atoms with Crippen LogP contribution in [0.25, 0.3) is 11.1 Å². The standard InChI is InChI=1S/C34H49N3O6/c1-19-27-14-24(34(27,3)4)15-28(19)35-33(41)31-30(20(2)40)29(18-39)43-37(31)16-22-9-8-10-26(32(22)42-7)23-11-21(17-38)12-25(13-23)36(5)6/h8-13,19-20,24,27-31,38-40H,14-18H2,1-7H3,(H,35,41)/t19-,20-,24+,27+,28-,29-,30-,31-/m0/s1. The molecule has 43 heavy (non-hydrogen) atoms. The third kappa shape index (κ3) is 5.78. The fraction of sp³-hybridized carbons (Fsp3) is 0.618. The fourth-order valence-electron chi connectivity index (χ4n) is 8.01. The number of benzene rings is 2. The minimum Gasteiger partial charge on any atom is -0.496 e. The minimum absolute atomic E-state index is 0.0662. The zero-order chi connectivity index (χ0) is 31.2. The van der Waals surface area contributed by atoms with E-state index < -0.39 is 24.2 Å². The molecular weight excluding hydrogens is 546 g/mol. The lowest BCUT2D eigenvalue weighted by Gasteiger charge is -2.62. The van der Waals surface area contributed by atoms with Crippen molar-refractivity contribution in [2.45, 2.75) is 78.0 Å². The molecule has 0 spiro atoms. The molecule has 1 saturated heterocycles. The van der Waals surface area contributed by atoms with E-state index in [1.165, 1.54) is 6.42 Å². The van der Waals surface area contributed by atoms with E-state index in [1.807, 2.05) is 55.4 Å². The van der Waals surface area contributed by atoms with Gasteiger partial charge in [0.1, 0.15) is 17.9 Å². The summed E-state index contributed by atoms with van der Waals surface area (Å²) in [4.78, 5) is 22.2. The largest absolute Gasteiger partial charge is 0.496 e. The Labute approximate surface area is 255 Å². The zero-order valence-electron chi connectivity index (χ0n) is 26.6. The maximum Gasteiger partial charge on any atom is 0.240 e. The first-order valence-corrected chi connectivity index (χ1v) is 15.5. The van der Waals surface area contributed by atoms with E-state index in [1.54, 1.807) is 19.1 Å². The second kappa shape index (κ2) is 12.4. The molecule has 0 radical (unpaired) electrons. The van der Waals surface area contributed by atoms with Gasteiger partial charge in [0, 0.05) is 42.9 Å². The normalized spacial score (nSPS) is 30.4. The van der Waals surface area contributed by atoms with Crippen LogP contribution in [0.5, 0.6) is 5.75 Å². The van der Waals surface area contributed by atoms with Gasteiger partial charge in [0.25, 0.3) is 0 Å². The number of fused-ring (bicyclic) bond motifs is 2. The Bertz CT molecular complexity index is 1310. The number of rotatable bonds is 10. The van der Waals surface area contributed by atoms with Crippen LogP contribution in [0.4, 0.5) is 5.69 Å². The first kappa shape index (κ1) is 31.7. The molecule has 9 heteroatoms. The van der Waals surface area contributed by atoms with Gasteiger partial charge in [-0.25, -0.2) is 0 Å². The van der Waals surface area contributed by atoms with Crippen LogP contribution in [0.3, 0.4) is 0 Å². The molecule has 1 aliphatic heterocycles. The van der Waals surface area contributed by atoms with Gasteiger partial charge in [0.05, 0.1) is 33.0 Å². The highest BCUT2D eigenvalue weighted by Crippen LogP contribution is 2.61. The Morgan fingerprint density at radius 1 is 1.21 bits per heavy atom. The summed E-state index contributed by atoms with van der Waals surface area (Å²) in [5.41, 5.74) is 4.60. The molecule has 1 heterocycles. The van der Waals surface area contributed by atoms with Crippen LogP contribution in [0, 0.1) is 29.1 Å². The van der Waals surface area contributed by atoms with E-state index in [4.69, 9.17) is 9.57 Å². The number of hydroxylamine groups is 2. The Hall–Kier alpha value is -2.69. The van der Waals surface area contributed by atoms with Crippen molar-refractivity contribution in [2.75, 3.05) is 32.7 Å². The average Bonchev–Trinajstić information content (AvgIpc) is 3.36. The predicted molar refractivity (Wildman–Crippen MR) is 166 cm³/mol. The smallest absolute Gasteiger partial charge is 0.240 e. The summed E-state index contributed by atoms with van der Waals surface area (Å²) in [7, 11) is 5.53. The number of carbonyl (C=O) groups excluding carboxylic acids is 1. The van der Waals surface area contributed by atoms with Crippen LogP contribution in [0.1, 0.15) is 51.7 Å². The highest BCUT2D eigenvalue weighted by molar-refractivity contribution is 5.83. The molecule has 9 nitrogen and oxygen atoms in total. The number of nitrogens with one attached hydrogen (secondary N) is 1. The van der Waals surface area contributed by atoms with Gasteiger partial charge in [-0.05, 0) is 72.3 Å². The molecule has 4 N–H and O–H groups in total. The van der Waals surface area contributed by atoms with Gasteiger partial charge in [-0.3, -0.25) is 9.63 Å². The first-order chi connectivity index (χ1) is 20.4. The van der Waals surface area contributed by atoms with Crippen molar-refractivity contribution in [1.82, 2.24) is 10.4 Å². The SMILES string of the molecule is COc1c(CN2O[C@@H](CO)[C@H]([C@H](C)O)[C@H]2C(=O)N[C@H]2C[C@H]3C[C@H]([C@@H]2C)C3(C)C)cccc1-c1cc(CO)cc(N(C)C)c1. The number of hydrogen-bond donors (Lipinski definition) is 4. The van der Waals surface area contributed by atoms with Crippen molar-refractivity contribution in [3.05, 3.63) is 47.5 Å². The molecule has 3 aliphatic carbocycles. The van der Waals surface area contributed by atoms with Crippen LogP contribution in [-0.4, -0.2) is 78.4 Å². The highest BCUT2D eigenvalue weighted by atomic mass is 16.7. The van der Waals surface area contributed by atoms with Gasteiger partial charge in [-0.2, -0.15) is 5.06 Å². The molecule has 0 unspecified atom stereocenters. The lowest BCUT2D eigenvalue weighted by molar-refractivity contribution is -0.183. The minimum atomic E-state index is -0.868. The number of aliphatic hydroxyl groups is 3. The third-order valence-electron chi connectivity index (χ3n) is 10.7. The summed E-state index contributed by atoms with van der Waals surface area (Å²) >= 11 is 0. The number of anilines is 1. The summed E-state index contributed by atoms with van der Waals surface area (Å²) in [6.07, 6.45) is 0.581. The van der Waals surface area contributed by atoms with Crippen molar-refractivity contribution in [3.8, 4) is 16.9 Å². The number of nitrogens with zero attached hydrogens (tertiary/aromatic N) is 2. The number of amides is 1. The van der Waals surface area contributed by atoms with E-state index in [0.29, 0.717) is 28.9 Å². The molecular formula is C34H49N3O6. The van der Waals surface area contributed by atoms with Crippen molar-refractivity contribution in [2.24, 2.45) is 29.1 Å². The Morgan fingerprint density at radius 3 is 2.53 bits per heavy atom. The van der Waals surface area contributed by atoms with Gasteiger partial charge >= 0.3 is 0 Å². The van der Waals surface area contributed by atoms with Crippen molar-refractivity contribution < 1.29 is 29.7 Å². The maximum atomic E-state index is 14.0. The van der Waals surface area contributed by atoms with Crippen LogP contribution in [-0.2, 0) is 22.8 Å². The molecule has 236 valence electrons. The van der Waals surface area contributed by atoms with Crippen LogP contribution in [0.2, 0.25) is 0 Å². The molecule has 6 rings (SSSR count). The fourth-order valence-corrected chi connectivity index (χ4v) is 8.01. The number of hydrogen-bond acceptors (Lipinski definition) is 8. The van der Waals surface area contributed by atoms with Gasteiger partial charge in [-0.1, -0.05) is 39.0 Å². The van der Waals surface area contributed by atoms with Crippen LogP contribution in [0.15, 0.2) is 36.4 Å². The molecule has 4 fully saturated rings.